The predicted molar refractivity (Wildman–Crippen MR) is 97.7 cm³/mol. The molecule has 0 aliphatic rings. The molecule has 0 aliphatic carbocycles. The third-order valence-corrected chi connectivity index (χ3v) is 3.01. The maximum atomic E-state index is 5.46. The van der Waals surface area contributed by atoms with E-state index >= 15 is 0 Å². The highest BCUT2D eigenvalue weighted by molar-refractivity contribution is 9.10. The number of aromatic nitrogens is 1. The van der Waals surface area contributed by atoms with Crippen LogP contribution in [0.15, 0.2) is 16.7 Å². The van der Waals surface area contributed by atoms with E-state index in [4.69, 9.17) is 4.74 Å². The van der Waals surface area contributed by atoms with E-state index in [1.165, 1.54) is 0 Å². The molecule has 1 rings (SSSR count). The average molecular weight is 302 g/mol. The lowest BCUT2D eigenvalue weighted by atomic mass is 9.40. The minimum absolute atomic E-state index is 0.0354. The first-order valence-corrected chi connectivity index (χ1v) is 6.86. The van der Waals surface area contributed by atoms with Crippen molar-refractivity contribution in [1.82, 2.24) is 4.98 Å². The summed E-state index contributed by atoms with van der Waals surface area (Å²) in [6.45, 7) is 0. The maximum Gasteiger partial charge on any atom is 0.168 e. The van der Waals surface area contributed by atoms with Gasteiger partial charge in [-0.2, -0.15) is 0 Å². The summed E-state index contributed by atoms with van der Waals surface area (Å²) < 4.78 is 6.39. The van der Waals surface area contributed by atoms with Gasteiger partial charge in [0.15, 0.2) is 11.6 Å². The molecule has 90 valence electrons. The van der Waals surface area contributed by atoms with Gasteiger partial charge in [-0.3, -0.25) is 0 Å². The summed E-state index contributed by atoms with van der Waals surface area (Å²) in [4.78, 5) is 6.82. The van der Waals surface area contributed by atoms with Crippen LogP contribution in [-0.4, -0.2) is 69.6 Å². The number of hydrogen-bond acceptors (Lipinski definition) is 3. The van der Waals surface area contributed by atoms with Crippen LogP contribution in [0.3, 0.4) is 0 Å². The third kappa shape index (κ3) is 3.56. The van der Waals surface area contributed by atoms with E-state index in [9.17, 15) is 0 Å². The minimum Gasteiger partial charge on any atom is -0.493 e. The van der Waals surface area contributed by atoms with Crippen molar-refractivity contribution in [2.75, 3.05) is 12.0 Å². The molecule has 0 fully saturated rings. The lowest BCUT2D eigenvalue weighted by Gasteiger charge is -2.48. The van der Waals surface area contributed by atoms with E-state index in [2.05, 4.69) is 72.9 Å². The summed E-state index contributed by atoms with van der Waals surface area (Å²) in [5, 5.41) is -0.0707. The van der Waals surface area contributed by atoms with Crippen LogP contribution in [0.5, 0.6) is 5.75 Å². The molecule has 1 aromatic heterocycles. The minimum atomic E-state index is -0.0354. The highest BCUT2D eigenvalue weighted by atomic mass is 79.9. The maximum absolute atomic E-state index is 5.46. The van der Waals surface area contributed by atoms with Crippen molar-refractivity contribution in [2.24, 2.45) is 0 Å². The van der Waals surface area contributed by atoms with Crippen LogP contribution in [0.25, 0.3) is 0 Å². The van der Waals surface area contributed by atoms with E-state index in [0.717, 1.165) is 16.0 Å². The molecule has 0 aliphatic heterocycles. The van der Waals surface area contributed by atoms with Gasteiger partial charge in [0.1, 0.15) is 47.1 Å². The van der Waals surface area contributed by atoms with Gasteiger partial charge < -0.3 is 9.64 Å². The molecule has 3 nitrogen and oxygen atoms in total. The summed E-state index contributed by atoms with van der Waals surface area (Å²) in [5.41, 5.74) is 0. The fourth-order valence-electron chi connectivity index (χ4n) is 2.37. The number of halogens is 1. The van der Waals surface area contributed by atoms with Crippen molar-refractivity contribution in [1.29, 1.82) is 0 Å². The number of hydrogen-bond donors (Lipinski definition) is 0. The number of rotatable bonds is 4. The van der Waals surface area contributed by atoms with Crippen molar-refractivity contribution >= 4 is 68.8 Å². The van der Waals surface area contributed by atoms with Crippen molar-refractivity contribution in [3.8, 4) is 5.75 Å². The van der Waals surface area contributed by atoms with Gasteiger partial charge in [0.2, 0.25) is 0 Å². The zero-order valence-electron chi connectivity index (χ0n) is 12.3. The van der Waals surface area contributed by atoms with Gasteiger partial charge in [-0.05, 0) is 32.5 Å². The first-order valence-electron chi connectivity index (χ1n) is 6.07. The fourth-order valence-corrected chi connectivity index (χ4v) is 2.68. The largest absolute Gasteiger partial charge is 0.493 e. The van der Waals surface area contributed by atoms with E-state index in [1.54, 1.807) is 7.11 Å². The molecule has 0 saturated heterocycles. The molecule has 1 aromatic rings. The quantitative estimate of drug-likeness (QED) is 0.526. The standard InChI is InChI=1S/C8H17B6BrN2O/c1-18-5-2-4(15)3-16-6(5)17(7(9,10)11)8(12,13)14/h2-3H,9-14H2,1H3. The van der Waals surface area contributed by atoms with Gasteiger partial charge in [-0.1, -0.05) is 0 Å². The smallest absolute Gasteiger partial charge is 0.168 e. The summed E-state index contributed by atoms with van der Waals surface area (Å²) >= 11 is 3.43. The van der Waals surface area contributed by atoms with E-state index in [0.29, 0.717) is 0 Å². The molecule has 0 bridgehead atoms. The van der Waals surface area contributed by atoms with Crippen molar-refractivity contribution < 1.29 is 4.74 Å². The lowest BCUT2D eigenvalue weighted by molar-refractivity contribution is 0.412. The van der Waals surface area contributed by atoms with Crippen LogP contribution in [0.2, 0.25) is 0 Å². The summed E-state index contributed by atoms with van der Waals surface area (Å²) in [7, 11) is 14.8. The Bertz CT molecular complexity index is 419. The second-order valence-electron chi connectivity index (χ2n) is 6.36. The average Bonchev–Trinajstić information content (AvgIpc) is 2.16. The molecule has 10 heteroatoms. The van der Waals surface area contributed by atoms with Gasteiger partial charge in [-0.15, -0.1) is 0 Å². The molecule has 0 spiro atoms. The van der Waals surface area contributed by atoms with Crippen LogP contribution in [0.4, 0.5) is 5.82 Å². The Labute approximate surface area is 123 Å². The Morgan fingerprint density at radius 1 is 1.17 bits per heavy atom. The Morgan fingerprint density at radius 3 is 2.06 bits per heavy atom. The number of ether oxygens (including phenoxy) is 1. The van der Waals surface area contributed by atoms with Crippen molar-refractivity contribution in [3.05, 3.63) is 16.7 Å². The van der Waals surface area contributed by atoms with Crippen LogP contribution in [0, 0.1) is 0 Å². The summed E-state index contributed by atoms with van der Waals surface area (Å²) in [5.74, 6) is 1.66. The molecule has 0 amide bonds. The number of nitrogens with zero attached hydrogens (tertiary/aromatic N) is 2. The first-order chi connectivity index (χ1) is 8.07. The fraction of sp³-hybridized carbons (Fsp3) is 0.375. The van der Waals surface area contributed by atoms with Crippen molar-refractivity contribution in [2.45, 2.75) is 10.5 Å². The molecular weight excluding hydrogens is 285 g/mol. The molecule has 0 N–H and O–H groups in total. The third-order valence-electron chi connectivity index (χ3n) is 2.57. The molecule has 0 atom stereocenters. The van der Waals surface area contributed by atoms with Crippen LogP contribution in [-0.2, 0) is 0 Å². The van der Waals surface area contributed by atoms with Gasteiger partial charge >= 0.3 is 0 Å². The molecule has 0 unspecified atom stereocenters. The number of methoxy groups -OCH3 is 1. The number of anilines is 1. The van der Waals surface area contributed by atoms with E-state index in [1.807, 2.05) is 12.3 Å². The zero-order chi connectivity index (χ0) is 14.1. The van der Waals surface area contributed by atoms with Gasteiger partial charge in [0.25, 0.3) is 0 Å². The summed E-state index contributed by atoms with van der Waals surface area (Å²) in [6.07, 6.45) is 1.81. The van der Waals surface area contributed by atoms with Crippen LogP contribution < -0.4 is 9.64 Å². The molecule has 0 radical (unpaired) electrons. The molecule has 1 heterocycles. The Kier molecular flexibility index (Phi) is 4.63. The summed E-state index contributed by atoms with van der Waals surface area (Å²) in [6, 6.07) is 1.95. The second-order valence-corrected chi connectivity index (χ2v) is 7.27. The van der Waals surface area contributed by atoms with Gasteiger partial charge in [-0.25, -0.2) is 4.98 Å². The molecule has 18 heavy (non-hydrogen) atoms. The van der Waals surface area contributed by atoms with E-state index in [-0.39, 0.29) is 10.5 Å². The lowest BCUT2D eigenvalue weighted by Crippen LogP contribution is -2.64. The predicted octanol–water partition coefficient (Wildman–Crippen LogP) is -4.32. The number of pyridine rings is 1. The zero-order valence-corrected chi connectivity index (χ0v) is 13.9. The normalized spacial score (nSPS) is 12.1. The highest BCUT2D eigenvalue weighted by Gasteiger charge is 2.33. The SMILES string of the molecule is BC(B)(B)N(c1ncc(Br)cc1OC)C(B)(B)B. The Balaban J connectivity index is 3.39. The Hall–Kier alpha value is -0.380. The van der Waals surface area contributed by atoms with Crippen molar-refractivity contribution in [3.63, 3.8) is 0 Å². The van der Waals surface area contributed by atoms with Gasteiger partial charge in [0, 0.05) is 10.7 Å². The van der Waals surface area contributed by atoms with Gasteiger partial charge in [0.05, 0.1) is 7.11 Å². The topological polar surface area (TPSA) is 25.4 Å². The van der Waals surface area contributed by atoms with E-state index < -0.39 is 0 Å². The highest BCUT2D eigenvalue weighted by Crippen LogP contribution is 2.33. The second kappa shape index (κ2) is 5.32. The molecule has 0 saturated carbocycles. The van der Waals surface area contributed by atoms with Crippen LogP contribution in [0.1, 0.15) is 0 Å². The first kappa shape index (κ1) is 15.7. The Morgan fingerprint density at radius 2 is 1.67 bits per heavy atom. The monoisotopic (exact) mass is 302 g/mol. The van der Waals surface area contributed by atoms with Crippen LogP contribution >= 0.6 is 15.9 Å². The molecular formula is C8H17B6BrN2O. The molecule has 0 aromatic carbocycles.